The second-order valence-corrected chi connectivity index (χ2v) is 46.2. The number of piperidine rings is 1. The number of likely N-dealkylation sites (tertiary alicyclic amines) is 1. The Morgan fingerprint density at radius 2 is 1.63 bits per heavy atom. The van der Waals surface area contributed by atoms with Crippen LogP contribution in [0, 0.1) is 17.8 Å². The van der Waals surface area contributed by atoms with Gasteiger partial charge >= 0.3 is 17.1 Å². The Morgan fingerprint density at radius 3 is 2.29 bits per heavy atom. The minimum atomic E-state index is -2.86. The molecule has 0 aromatic heterocycles. The fourth-order valence-corrected chi connectivity index (χ4v) is 34.1. The summed E-state index contributed by atoms with van der Waals surface area (Å²) in [7, 11) is -6.41. The van der Waals surface area contributed by atoms with Gasteiger partial charge in [-0.15, -0.1) is 6.58 Å². The predicted molar refractivity (Wildman–Crippen MR) is 384 cm³/mol. The topological polar surface area (TPSA) is 259 Å². The van der Waals surface area contributed by atoms with Crippen molar-refractivity contribution in [3.8, 4) is 11.5 Å². The number of nitrogens with one attached hydrogen (secondary N) is 4. The van der Waals surface area contributed by atoms with Gasteiger partial charge in [0.05, 0.1) is 36.3 Å². The van der Waals surface area contributed by atoms with Gasteiger partial charge in [0.15, 0.2) is 45.8 Å². The number of ether oxygens (including phenoxy) is 3. The third-order valence-electron chi connectivity index (χ3n) is 19.1. The van der Waals surface area contributed by atoms with E-state index < -0.39 is 86.7 Å². The monoisotopic (exact) mass is 1410 g/mol. The molecule has 7 unspecified atom stereocenters. The molecule has 94 heavy (non-hydrogen) atoms. The van der Waals surface area contributed by atoms with Crippen molar-refractivity contribution in [2.24, 2.45) is 23.5 Å². The van der Waals surface area contributed by atoms with Crippen LogP contribution in [-0.4, -0.2) is 183 Å². The first-order valence-corrected chi connectivity index (χ1v) is 47.1. The lowest BCUT2D eigenvalue weighted by molar-refractivity contribution is -0.168. The Kier molecular flexibility index (Phi) is 27.2. The lowest BCUT2D eigenvalue weighted by Gasteiger charge is -2.62. The highest BCUT2D eigenvalue weighted by molar-refractivity contribution is 7.99. The number of amides is 4. The second-order valence-electron chi connectivity index (χ2n) is 28.8. The van der Waals surface area contributed by atoms with Crippen LogP contribution in [0.5, 0.6) is 11.5 Å². The van der Waals surface area contributed by atoms with Crippen LogP contribution in [-0.2, 0) is 64.1 Å². The first kappa shape index (κ1) is 76.8. The zero-order valence-electron chi connectivity index (χ0n) is 58.2. The number of nitrogens with zero attached hydrogens (tertiary/aromatic N) is 2. The Morgan fingerprint density at radius 1 is 0.915 bits per heavy atom. The van der Waals surface area contributed by atoms with Crippen LogP contribution >= 0.6 is 24.0 Å². The summed E-state index contributed by atoms with van der Waals surface area (Å²) in [5.41, 5.74) is 9.32. The number of aliphatic hydroxyl groups is 1. The summed E-state index contributed by atoms with van der Waals surface area (Å²) in [6.45, 7) is 28.3. The van der Waals surface area contributed by atoms with Gasteiger partial charge in [0, 0.05) is 88.6 Å². The van der Waals surface area contributed by atoms with Gasteiger partial charge in [-0.05, 0) is 163 Å². The second kappa shape index (κ2) is 33.3. The van der Waals surface area contributed by atoms with Crippen molar-refractivity contribution >= 4 is 98.1 Å². The molecule has 3 aliphatic carbocycles. The highest BCUT2D eigenvalue weighted by atomic mass is 32.2. The number of benzene rings is 2. The molecule has 2 bridgehead atoms. The maximum atomic E-state index is 14.2. The highest BCUT2D eigenvalue weighted by Gasteiger charge is 2.72. The van der Waals surface area contributed by atoms with Crippen LogP contribution in [0.1, 0.15) is 115 Å². The molecular formula is C68H109N7O13S2Si4. The number of nitrogens with two attached hydrogens (primary N) is 1. The molecule has 1 saturated carbocycles. The van der Waals surface area contributed by atoms with Crippen LogP contribution < -0.4 is 36.5 Å². The number of carbonyl (C=O) groups is 6. The van der Waals surface area contributed by atoms with Crippen molar-refractivity contribution in [1.82, 2.24) is 31.1 Å². The van der Waals surface area contributed by atoms with Crippen molar-refractivity contribution in [2.75, 3.05) is 58.4 Å². The van der Waals surface area contributed by atoms with E-state index in [2.05, 4.69) is 85.0 Å². The van der Waals surface area contributed by atoms with Gasteiger partial charge in [0.2, 0.25) is 23.6 Å². The smallest absolute Gasteiger partial charge is 0.342 e. The Balaban J connectivity index is 0.944. The zero-order chi connectivity index (χ0) is 69.0. The van der Waals surface area contributed by atoms with E-state index in [1.54, 1.807) is 32.9 Å². The van der Waals surface area contributed by atoms with Crippen molar-refractivity contribution in [3.63, 3.8) is 0 Å². The molecule has 0 radical (unpaired) electrons. The van der Waals surface area contributed by atoms with Gasteiger partial charge in [-0.2, -0.15) is 11.8 Å². The van der Waals surface area contributed by atoms with Gasteiger partial charge < -0.3 is 63.6 Å². The van der Waals surface area contributed by atoms with Crippen molar-refractivity contribution in [1.29, 1.82) is 0 Å². The van der Waals surface area contributed by atoms with Crippen molar-refractivity contribution < 1.29 is 60.4 Å². The summed E-state index contributed by atoms with van der Waals surface area (Å²) in [5.74, 6) is -0.566. The van der Waals surface area contributed by atoms with Crippen LogP contribution in [0.15, 0.2) is 66.6 Å². The predicted octanol–water partition coefficient (Wildman–Crippen LogP) is 8.63. The van der Waals surface area contributed by atoms with Gasteiger partial charge in [-0.25, -0.2) is 0 Å². The molecule has 2 heterocycles. The average molecular weight is 1410 g/mol. The quantitative estimate of drug-likeness (QED) is 0.0207. The van der Waals surface area contributed by atoms with E-state index in [1.165, 1.54) is 31.5 Å². The summed E-state index contributed by atoms with van der Waals surface area (Å²) >= 11 is 7.44. The van der Waals surface area contributed by atoms with E-state index in [-0.39, 0.29) is 72.2 Å². The normalized spacial score (nSPS) is 22.6. The molecule has 2 aliphatic heterocycles. The summed E-state index contributed by atoms with van der Waals surface area (Å²) in [4.78, 5) is 85.9. The minimum absolute atomic E-state index is 0.0839. The molecule has 11 atom stereocenters. The number of hydrogen-bond donors (Lipinski definition) is 6. The van der Waals surface area contributed by atoms with E-state index in [0.29, 0.717) is 86.5 Å². The van der Waals surface area contributed by atoms with Crippen LogP contribution in [0.25, 0.3) is 0 Å². The third-order valence-corrected chi connectivity index (χ3v) is 35.7. The van der Waals surface area contributed by atoms with Gasteiger partial charge in [-0.3, -0.25) is 33.7 Å². The van der Waals surface area contributed by atoms with Gasteiger partial charge in [-0.1, -0.05) is 75.2 Å². The van der Waals surface area contributed by atoms with Gasteiger partial charge in [0.1, 0.15) is 5.76 Å². The molecule has 20 nitrogen and oxygen atoms in total. The molecule has 2 aromatic rings. The number of thioether (sulfide) groups is 1. The number of unbranched alkanes of at least 4 members (excludes halogenated alkanes) is 2. The maximum Gasteiger partial charge on any atom is 0.342 e. The fourth-order valence-electron chi connectivity index (χ4n) is 14.0. The molecule has 522 valence electrons. The minimum Gasteiger partial charge on any atom is -0.493 e. The maximum absolute atomic E-state index is 14.2. The Labute approximate surface area is 573 Å². The molecule has 4 amide bonds. The molecule has 1 spiro atoms. The molecule has 7 rings (SSSR count). The lowest BCUT2D eigenvalue weighted by Crippen LogP contribution is -2.75. The highest BCUT2D eigenvalue weighted by Crippen LogP contribution is 2.66. The van der Waals surface area contributed by atoms with Crippen LogP contribution in [0.2, 0.25) is 57.9 Å². The standard InChI is InChI=1S/C68H109N7O13S2Si4/c1-15-17-38-92(11,12)87-94(14,88-93(13,16-2)86-91(8,9)10)39-37-90-45-54(73-48(5)76)56(78)40-46(3)63(79)72-47(4)55(77)42-52(25-21-22-33-70-65(81)53(69)41-49-23-19-18-20-24-49)64(80)71-34-36-74(6)66(89)84-58-30-31-68(82)59-43-51-28-29-57(83-7)61-60(51)67(68,62(58)85-61)32-35-75(59)44-50-26-27-50/h16,18-20,23-24,28-30,46-47,50,52-54,59,62,82H,2,15,17,21-22,25-27,31-45,69H2,1,3-14H3,(H,70,81)(H,71,80)(H,72,79)(H,73,76)/t46?,47?,52?,53?,54?,59-,62+,67+,68-,93?,94?/m1/s1. The van der Waals surface area contributed by atoms with Crippen molar-refractivity contribution in [3.05, 3.63) is 83.3 Å². The number of hydrogen-bond acceptors (Lipinski definition) is 17. The number of thiocarbonyl (C=S) groups is 1. The number of ketones is 2. The summed E-state index contributed by atoms with van der Waals surface area (Å²) in [6.07, 6.45) is 8.92. The number of Topliss-reactive ketones (excluding diaryl/α,β-unsaturated/α-hetero) is 2. The first-order valence-electron chi connectivity index (χ1n) is 34.0. The summed E-state index contributed by atoms with van der Waals surface area (Å²) in [6, 6.07) is 12.5. The van der Waals surface area contributed by atoms with E-state index >= 15 is 0 Å². The molecule has 1 saturated heterocycles. The first-order chi connectivity index (χ1) is 44.3. The third kappa shape index (κ3) is 20.1. The zero-order valence-corrected chi connectivity index (χ0v) is 63.8. The van der Waals surface area contributed by atoms with E-state index in [0.717, 1.165) is 48.7 Å². The molecule has 7 N–H and O–H groups in total. The molecule has 2 aromatic carbocycles. The Bertz CT molecular complexity index is 3050. The summed E-state index contributed by atoms with van der Waals surface area (Å²) in [5, 5.41) is 24.7. The van der Waals surface area contributed by atoms with Gasteiger partial charge in [0.25, 0.3) is 5.17 Å². The van der Waals surface area contributed by atoms with E-state index in [4.69, 9.17) is 44.5 Å². The van der Waals surface area contributed by atoms with Crippen molar-refractivity contribution in [2.45, 2.75) is 210 Å². The van der Waals surface area contributed by atoms with Crippen LogP contribution in [0.4, 0.5) is 0 Å². The molecule has 2 fully saturated rings. The fraction of sp³-hybridized carbons (Fsp3) is 0.662. The van der Waals surface area contributed by atoms with Crippen LogP contribution in [0.3, 0.4) is 0 Å². The number of methoxy groups -OCH3 is 1. The number of likely N-dealkylation sites (N-methyl/N-ethyl adjacent to an activating group) is 1. The Hall–Kier alpha value is -4.59. The van der Waals surface area contributed by atoms with E-state index in [9.17, 15) is 33.9 Å². The van der Waals surface area contributed by atoms with E-state index in [1.807, 2.05) is 54.7 Å². The average Bonchev–Trinajstić information content (AvgIpc) is 1.41. The summed E-state index contributed by atoms with van der Waals surface area (Å²) < 4.78 is 40.0. The molecular weight excluding hydrogens is 1300 g/mol. The number of rotatable bonds is 40. The lowest BCUT2D eigenvalue weighted by atomic mass is 9.50. The number of carbonyl (C=O) groups excluding carboxylic acids is 6. The largest absolute Gasteiger partial charge is 0.493 e. The SMILES string of the molecule is C=C[Si](C)(O[Si](C)(C)C)O[Si](C)(CCSCC(NC(C)=O)C(=O)CC(C)C(=O)NC(C)C(=O)CC(CCCCNC(=O)C(N)Cc1ccccc1)C(=O)NCCN(C)C(=S)OC1=CC[C@@]2(O)[C@H]3Cc4ccc(OC)c5c4[C@@]2(CCN3CC2CC2)[C@H]1O5)O[Si](C)(C)CCCC. The molecule has 5 aliphatic rings. The molecule has 26 heteroatoms.